The number of allylic oxidation sites excluding steroid dienone is 2. The highest BCUT2D eigenvalue weighted by atomic mass is 32.2. The maximum absolute atomic E-state index is 11.6. The van der Waals surface area contributed by atoms with E-state index < -0.39 is 20.6 Å². The molecule has 2 atom stereocenters. The van der Waals surface area contributed by atoms with Crippen LogP contribution in [0.25, 0.3) is 0 Å². The topological polar surface area (TPSA) is 102 Å². The van der Waals surface area contributed by atoms with Crippen molar-refractivity contribution in [1.29, 1.82) is 0 Å². The van der Waals surface area contributed by atoms with Crippen molar-refractivity contribution in [3.05, 3.63) is 37.1 Å². The van der Waals surface area contributed by atoms with Crippen LogP contribution in [0.15, 0.2) is 37.1 Å². The second-order valence-electron chi connectivity index (χ2n) is 8.17. The Bertz CT molecular complexity index is 824. The van der Waals surface area contributed by atoms with Gasteiger partial charge in [-0.1, -0.05) is 57.8 Å². The van der Waals surface area contributed by atoms with Gasteiger partial charge >= 0.3 is 20.6 Å². The molecule has 0 bridgehead atoms. The molecule has 3 rings (SSSR count). The summed E-state index contributed by atoms with van der Waals surface area (Å²) in [5.74, 6) is 0. The largest absolute Gasteiger partial charge is 0.362 e. The fourth-order valence-electron chi connectivity index (χ4n) is 3.42. The number of rotatable bonds is 9. The Morgan fingerprint density at radius 1 is 0.970 bits per heavy atom. The molecule has 192 valence electrons. The third-order valence-corrected chi connectivity index (χ3v) is 7.81. The van der Waals surface area contributed by atoms with Crippen molar-refractivity contribution in [2.24, 2.45) is 0 Å². The molecule has 1 N–H and O–H groups in total. The molecule has 0 aliphatic carbocycles. The maximum Gasteiger partial charge on any atom is 0.362 e. The van der Waals surface area contributed by atoms with E-state index in [1.54, 1.807) is 6.08 Å². The molecule has 8 nitrogen and oxygen atoms in total. The van der Waals surface area contributed by atoms with E-state index in [1.807, 2.05) is 6.08 Å². The third-order valence-electron chi connectivity index (χ3n) is 5.33. The molecule has 0 saturated carbocycles. The molecular formula is C23H42N2O6S2. The van der Waals surface area contributed by atoms with Crippen molar-refractivity contribution in [3.8, 4) is 0 Å². The van der Waals surface area contributed by atoms with E-state index in [2.05, 4.69) is 42.0 Å². The number of hydrogen-bond acceptors (Lipinski definition) is 6. The van der Waals surface area contributed by atoms with E-state index in [0.29, 0.717) is 13.0 Å². The van der Waals surface area contributed by atoms with Gasteiger partial charge in [0.15, 0.2) is 0 Å². The Labute approximate surface area is 201 Å². The molecule has 0 radical (unpaired) electrons. The molecule has 33 heavy (non-hydrogen) atoms. The lowest BCUT2D eigenvalue weighted by Gasteiger charge is -2.19. The van der Waals surface area contributed by atoms with Gasteiger partial charge in [0.1, 0.15) is 0 Å². The summed E-state index contributed by atoms with van der Waals surface area (Å²) in [4.78, 5) is 0. The molecule has 3 heterocycles. The summed E-state index contributed by atoms with van der Waals surface area (Å²) < 4.78 is 57.5. The zero-order valence-electron chi connectivity index (χ0n) is 20.2. The van der Waals surface area contributed by atoms with E-state index in [0.717, 1.165) is 31.4 Å². The summed E-state index contributed by atoms with van der Waals surface area (Å²) >= 11 is 0. The van der Waals surface area contributed by atoms with Crippen molar-refractivity contribution >= 4 is 20.6 Å². The Hall–Kier alpha value is -1.20. The molecule has 0 spiro atoms. The standard InChI is InChI=1S/C11H19NO3S.C7H14.C5H9NO3S/c1-2-3-4-5-7-10-11-8-6-9-15-16(13,14)12(10)11;1-3-5-7-6-4-2;1-2-5-3-4-9-10(7,8)6-5/h7,11H,2-6,8-9H2,1H3;3H,1,4-7H2,2H3;2,5-6H,1,3-4H2/b10-7+;;. The van der Waals surface area contributed by atoms with Gasteiger partial charge in [-0.2, -0.15) is 21.6 Å². The van der Waals surface area contributed by atoms with Crippen LogP contribution in [0.2, 0.25) is 0 Å². The van der Waals surface area contributed by atoms with Crippen LogP contribution in [-0.4, -0.2) is 46.4 Å². The molecular weight excluding hydrogens is 464 g/mol. The van der Waals surface area contributed by atoms with Crippen molar-refractivity contribution in [3.63, 3.8) is 0 Å². The zero-order valence-corrected chi connectivity index (χ0v) is 21.8. The summed E-state index contributed by atoms with van der Waals surface area (Å²) in [5.41, 5.74) is 0.954. The number of nitrogens with one attached hydrogen (secondary N) is 1. The highest BCUT2D eigenvalue weighted by Crippen LogP contribution is 2.42. The van der Waals surface area contributed by atoms with Gasteiger partial charge < -0.3 is 0 Å². The van der Waals surface area contributed by atoms with Crippen LogP contribution in [0.1, 0.15) is 84.5 Å². The van der Waals surface area contributed by atoms with Crippen molar-refractivity contribution < 1.29 is 25.2 Å². The Morgan fingerprint density at radius 2 is 1.64 bits per heavy atom. The Kier molecular flexibility index (Phi) is 14.2. The number of unbranched alkanes of at least 4 members (excludes halogenated alkanes) is 6. The molecule has 0 aromatic heterocycles. The number of fused-ring (bicyclic) bond motifs is 1. The quantitative estimate of drug-likeness (QED) is 0.275. The van der Waals surface area contributed by atoms with Gasteiger partial charge in [0, 0.05) is 6.04 Å². The van der Waals surface area contributed by atoms with Gasteiger partial charge in [-0.25, -0.2) is 4.31 Å². The molecule has 3 aliphatic rings. The average molecular weight is 507 g/mol. The lowest BCUT2D eigenvalue weighted by atomic mass is 10.2. The molecule has 3 fully saturated rings. The van der Waals surface area contributed by atoms with Crippen LogP contribution in [0, 0.1) is 0 Å². The SMILES string of the molecule is C=CC1CCOS(=O)(=O)N1.C=CCCCCC.CCCCC/C=C1\C2CCCOS(=O)(=O)N12. The first-order valence-corrected chi connectivity index (χ1v) is 14.8. The van der Waals surface area contributed by atoms with Gasteiger partial charge in [-0.3, -0.25) is 8.37 Å². The second-order valence-corrected chi connectivity index (χ2v) is 11.0. The highest BCUT2D eigenvalue weighted by molar-refractivity contribution is 7.85. The third kappa shape index (κ3) is 11.7. The van der Waals surface area contributed by atoms with E-state index in [-0.39, 0.29) is 18.7 Å². The van der Waals surface area contributed by atoms with Gasteiger partial charge in [-0.05, 0) is 44.9 Å². The first kappa shape index (κ1) is 29.8. The smallest absolute Gasteiger partial charge is 0.258 e. The molecule has 0 aromatic carbocycles. The maximum atomic E-state index is 11.6. The normalized spacial score (nSPS) is 25.9. The number of nitrogens with zero attached hydrogens (tertiary/aromatic N) is 1. The monoisotopic (exact) mass is 506 g/mol. The Morgan fingerprint density at radius 3 is 2.18 bits per heavy atom. The summed E-state index contributed by atoms with van der Waals surface area (Å²) in [7, 11) is -6.92. The van der Waals surface area contributed by atoms with Crippen LogP contribution in [0.5, 0.6) is 0 Å². The summed E-state index contributed by atoms with van der Waals surface area (Å²) in [6.07, 6.45) is 17.7. The van der Waals surface area contributed by atoms with Gasteiger partial charge in [0.2, 0.25) is 0 Å². The molecule has 0 amide bonds. The first-order chi connectivity index (χ1) is 15.7. The van der Waals surface area contributed by atoms with Crippen molar-refractivity contribution in [2.45, 2.75) is 96.6 Å². The van der Waals surface area contributed by atoms with Gasteiger partial charge in [0.25, 0.3) is 0 Å². The lowest BCUT2D eigenvalue weighted by molar-refractivity contribution is 0.269. The zero-order chi connectivity index (χ0) is 24.7. The van der Waals surface area contributed by atoms with Gasteiger partial charge in [-0.15, -0.1) is 13.2 Å². The minimum atomic E-state index is -3.47. The minimum absolute atomic E-state index is 0.106. The van der Waals surface area contributed by atoms with Crippen molar-refractivity contribution in [2.75, 3.05) is 13.2 Å². The Balaban J connectivity index is 0.000000275. The fourth-order valence-corrected chi connectivity index (χ4v) is 5.76. The van der Waals surface area contributed by atoms with E-state index in [4.69, 9.17) is 4.18 Å². The van der Waals surface area contributed by atoms with E-state index in [1.165, 1.54) is 42.8 Å². The summed E-state index contributed by atoms with van der Waals surface area (Å²) in [6, 6.07) is -0.0622. The molecule has 2 unspecified atom stereocenters. The first-order valence-electron chi connectivity index (χ1n) is 12.0. The van der Waals surface area contributed by atoms with Crippen LogP contribution in [0.3, 0.4) is 0 Å². The number of hydrogen-bond donors (Lipinski definition) is 1. The van der Waals surface area contributed by atoms with Crippen LogP contribution >= 0.6 is 0 Å². The average Bonchev–Trinajstić information content (AvgIpc) is 3.51. The fraction of sp³-hybridized carbons (Fsp3) is 0.739. The van der Waals surface area contributed by atoms with Crippen LogP contribution < -0.4 is 4.72 Å². The highest BCUT2D eigenvalue weighted by Gasteiger charge is 2.50. The molecule has 10 heteroatoms. The van der Waals surface area contributed by atoms with Crippen LogP contribution in [-0.2, 0) is 29.0 Å². The second kappa shape index (κ2) is 15.7. The van der Waals surface area contributed by atoms with E-state index >= 15 is 0 Å². The van der Waals surface area contributed by atoms with Gasteiger partial charge in [0.05, 0.1) is 25.0 Å². The molecule has 3 aliphatic heterocycles. The minimum Gasteiger partial charge on any atom is -0.258 e. The summed E-state index contributed by atoms with van der Waals surface area (Å²) in [6.45, 7) is 12.0. The molecule has 3 saturated heterocycles. The van der Waals surface area contributed by atoms with E-state index in [9.17, 15) is 16.8 Å². The van der Waals surface area contributed by atoms with Crippen LogP contribution in [0.4, 0.5) is 0 Å². The van der Waals surface area contributed by atoms with Crippen molar-refractivity contribution in [1.82, 2.24) is 9.03 Å². The lowest BCUT2D eigenvalue weighted by Crippen LogP contribution is -2.40. The predicted molar refractivity (Wildman–Crippen MR) is 133 cm³/mol. The molecule has 0 aromatic rings. The summed E-state index contributed by atoms with van der Waals surface area (Å²) in [5, 5.41) is 0. The predicted octanol–water partition coefficient (Wildman–Crippen LogP) is 4.74.